The van der Waals surface area contributed by atoms with Crippen molar-refractivity contribution in [3.8, 4) is 0 Å². The van der Waals surface area contributed by atoms with Crippen LogP contribution in [0.15, 0.2) is 35.0 Å². The summed E-state index contributed by atoms with van der Waals surface area (Å²) in [5.41, 5.74) is 0. The van der Waals surface area contributed by atoms with E-state index in [1.807, 2.05) is 21.8 Å². The van der Waals surface area contributed by atoms with Gasteiger partial charge in [0.25, 0.3) is 5.91 Å². The van der Waals surface area contributed by atoms with Crippen molar-refractivity contribution >= 4 is 11.8 Å². The average molecular weight is 330 g/mol. The van der Waals surface area contributed by atoms with Gasteiger partial charge < -0.3 is 14.6 Å². The molecule has 7 nitrogen and oxygen atoms in total. The molecule has 2 amide bonds. The number of piperidine rings is 1. The Kier molecular flexibility index (Phi) is 4.98. The molecule has 0 aliphatic carbocycles. The first-order chi connectivity index (χ1) is 11.6. The summed E-state index contributed by atoms with van der Waals surface area (Å²) in [7, 11) is 0. The van der Waals surface area contributed by atoms with E-state index in [1.165, 1.54) is 6.92 Å². The van der Waals surface area contributed by atoms with Crippen molar-refractivity contribution in [3.63, 3.8) is 0 Å². The molecule has 3 rings (SSSR count). The van der Waals surface area contributed by atoms with Crippen molar-refractivity contribution in [3.05, 3.63) is 42.1 Å². The molecule has 1 saturated heterocycles. The maximum Gasteiger partial charge on any atom is 0.289 e. The molecule has 1 aliphatic rings. The zero-order chi connectivity index (χ0) is 16.9. The Morgan fingerprint density at radius 3 is 3.00 bits per heavy atom. The molecule has 1 atom stereocenters. The van der Waals surface area contributed by atoms with Crippen LogP contribution in [-0.2, 0) is 17.9 Å². The van der Waals surface area contributed by atoms with Crippen molar-refractivity contribution in [2.45, 2.75) is 45.3 Å². The Labute approximate surface area is 140 Å². The maximum atomic E-state index is 12.8. The van der Waals surface area contributed by atoms with Gasteiger partial charge in [0.05, 0.1) is 19.1 Å². The van der Waals surface area contributed by atoms with Crippen LogP contribution in [0.25, 0.3) is 0 Å². The van der Waals surface area contributed by atoms with E-state index in [4.69, 9.17) is 4.42 Å². The molecule has 24 heavy (non-hydrogen) atoms. The number of likely N-dealkylation sites (tertiary alicyclic amines) is 1. The predicted molar refractivity (Wildman–Crippen MR) is 87.1 cm³/mol. The van der Waals surface area contributed by atoms with Crippen molar-refractivity contribution in [2.24, 2.45) is 0 Å². The second-order valence-electron chi connectivity index (χ2n) is 6.05. The highest BCUT2D eigenvalue weighted by atomic mass is 16.4. The lowest BCUT2D eigenvalue weighted by Crippen LogP contribution is -2.45. The number of nitrogens with zero attached hydrogens (tertiary/aromatic N) is 3. The smallest absolute Gasteiger partial charge is 0.289 e. The van der Waals surface area contributed by atoms with Gasteiger partial charge in [0.15, 0.2) is 5.76 Å². The summed E-state index contributed by atoms with van der Waals surface area (Å²) in [5.74, 6) is 0.674. The van der Waals surface area contributed by atoms with Gasteiger partial charge in [-0.2, -0.15) is 5.10 Å². The highest BCUT2D eigenvalue weighted by Gasteiger charge is 2.29. The molecular formula is C17H22N4O3. The Bertz CT molecular complexity index is 693. The lowest BCUT2D eigenvalue weighted by Gasteiger charge is -2.35. The van der Waals surface area contributed by atoms with E-state index in [0.29, 0.717) is 24.6 Å². The summed E-state index contributed by atoms with van der Waals surface area (Å²) in [6.45, 7) is 3.16. The fourth-order valence-corrected chi connectivity index (χ4v) is 3.02. The molecule has 0 saturated carbocycles. The molecule has 0 radical (unpaired) electrons. The molecule has 2 aromatic rings. The molecule has 7 heteroatoms. The summed E-state index contributed by atoms with van der Waals surface area (Å²) >= 11 is 0. The van der Waals surface area contributed by atoms with E-state index < -0.39 is 0 Å². The van der Waals surface area contributed by atoms with Crippen molar-refractivity contribution in [1.82, 2.24) is 20.0 Å². The summed E-state index contributed by atoms with van der Waals surface area (Å²) in [6.07, 6.45) is 6.74. The molecule has 3 heterocycles. The minimum atomic E-state index is -0.130. The van der Waals surface area contributed by atoms with Gasteiger partial charge in [0, 0.05) is 25.9 Å². The van der Waals surface area contributed by atoms with Crippen LogP contribution in [-0.4, -0.2) is 39.1 Å². The van der Waals surface area contributed by atoms with E-state index in [9.17, 15) is 9.59 Å². The van der Waals surface area contributed by atoms with E-state index in [2.05, 4.69) is 10.4 Å². The van der Waals surface area contributed by atoms with Crippen LogP contribution in [0, 0.1) is 0 Å². The van der Waals surface area contributed by atoms with Gasteiger partial charge in [-0.15, -0.1) is 0 Å². The maximum absolute atomic E-state index is 12.8. The highest BCUT2D eigenvalue weighted by molar-refractivity contribution is 5.91. The molecule has 1 aliphatic heterocycles. The zero-order valence-electron chi connectivity index (χ0n) is 13.8. The molecule has 0 spiro atoms. The van der Waals surface area contributed by atoms with Crippen LogP contribution in [0.4, 0.5) is 0 Å². The zero-order valence-corrected chi connectivity index (χ0v) is 13.8. The lowest BCUT2D eigenvalue weighted by molar-refractivity contribution is -0.119. The normalized spacial score (nSPS) is 17.7. The number of aromatic nitrogens is 2. The van der Waals surface area contributed by atoms with E-state index in [0.717, 1.165) is 25.8 Å². The van der Waals surface area contributed by atoms with Crippen LogP contribution in [0.1, 0.15) is 42.5 Å². The molecule has 0 aromatic carbocycles. The second kappa shape index (κ2) is 7.33. The molecule has 1 unspecified atom stereocenters. The molecule has 128 valence electrons. The number of carbonyl (C=O) groups is 2. The van der Waals surface area contributed by atoms with Crippen molar-refractivity contribution in [1.29, 1.82) is 0 Å². The summed E-state index contributed by atoms with van der Waals surface area (Å²) in [6, 6.07) is 5.42. The minimum Gasteiger partial charge on any atom is -0.454 e. The first-order valence-electron chi connectivity index (χ1n) is 8.25. The third-order valence-corrected chi connectivity index (χ3v) is 4.23. The van der Waals surface area contributed by atoms with Crippen LogP contribution in [0.5, 0.6) is 0 Å². The Morgan fingerprint density at radius 1 is 1.38 bits per heavy atom. The number of furan rings is 1. The predicted octanol–water partition coefficient (Wildman–Crippen LogP) is 1.81. The van der Waals surface area contributed by atoms with Crippen LogP contribution < -0.4 is 5.32 Å². The summed E-state index contributed by atoms with van der Waals surface area (Å²) in [5, 5.41) is 6.90. The van der Waals surface area contributed by atoms with E-state index >= 15 is 0 Å². The van der Waals surface area contributed by atoms with Gasteiger partial charge in [-0.1, -0.05) is 0 Å². The first-order valence-corrected chi connectivity index (χ1v) is 8.25. The lowest BCUT2D eigenvalue weighted by atomic mass is 10.0. The third-order valence-electron chi connectivity index (χ3n) is 4.23. The fraction of sp³-hybridized carbons (Fsp3) is 0.471. The van der Waals surface area contributed by atoms with Gasteiger partial charge in [0.2, 0.25) is 5.91 Å². The standard InChI is InChI=1S/C17H22N4O3/c1-13(22)18-11-15-6-7-16(24-15)17(23)21-10-3-2-5-14(21)12-20-9-4-8-19-20/h4,6-9,14H,2-3,5,10-12H2,1H3,(H,18,22). The number of hydrogen-bond acceptors (Lipinski definition) is 4. The number of carbonyl (C=O) groups excluding carboxylic acids is 2. The first kappa shape index (κ1) is 16.3. The van der Waals surface area contributed by atoms with Crippen LogP contribution in [0.3, 0.4) is 0 Å². The van der Waals surface area contributed by atoms with E-state index in [1.54, 1.807) is 18.3 Å². The van der Waals surface area contributed by atoms with Crippen molar-refractivity contribution < 1.29 is 14.0 Å². The van der Waals surface area contributed by atoms with Crippen LogP contribution in [0.2, 0.25) is 0 Å². The average Bonchev–Trinajstić information content (AvgIpc) is 3.24. The Balaban J connectivity index is 1.68. The Hall–Kier alpha value is -2.57. The molecule has 1 fully saturated rings. The van der Waals surface area contributed by atoms with Crippen LogP contribution >= 0.6 is 0 Å². The van der Waals surface area contributed by atoms with E-state index in [-0.39, 0.29) is 17.9 Å². The fourth-order valence-electron chi connectivity index (χ4n) is 3.02. The Morgan fingerprint density at radius 2 is 2.25 bits per heavy atom. The minimum absolute atomic E-state index is 0.0964. The van der Waals surface area contributed by atoms with Gasteiger partial charge in [0.1, 0.15) is 5.76 Å². The third kappa shape index (κ3) is 3.84. The van der Waals surface area contributed by atoms with Gasteiger partial charge in [-0.05, 0) is 37.5 Å². The van der Waals surface area contributed by atoms with Gasteiger partial charge >= 0.3 is 0 Å². The quantitative estimate of drug-likeness (QED) is 0.906. The SMILES string of the molecule is CC(=O)NCc1ccc(C(=O)N2CCCCC2Cn2cccn2)o1. The second-order valence-corrected chi connectivity index (χ2v) is 6.05. The molecular weight excluding hydrogens is 308 g/mol. The number of nitrogens with one attached hydrogen (secondary N) is 1. The molecule has 0 bridgehead atoms. The molecule has 2 aromatic heterocycles. The summed E-state index contributed by atoms with van der Waals surface area (Å²) < 4.78 is 7.47. The monoisotopic (exact) mass is 330 g/mol. The van der Waals surface area contributed by atoms with Crippen molar-refractivity contribution in [2.75, 3.05) is 6.54 Å². The topological polar surface area (TPSA) is 80.4 Å². The highest BCUT2D eigenvalue weighted by Crippen LogP contribution is 2.22. The summed E-state index contributed by atoms with van der Waals surface area (Å²) in [4.78, 5) is 25.6. The number of rotatable bonds is 5. The number of amides is 2. The molecule has 1 N–H and O–H groups in total. The van der Waals surface area contributed by atoms with Gasteiger partial charge in [-0.3, -0.25) is 14.3 Å². The number of hydrogen-bond donors (Lipinski definition) is 1. The largest absolute Gasteiger partial charge is 0.454 e. The van der Waals surface area contributed by atoms with Gasteiger partial charge in [-0.25, -0.2) is 0 Å².